The lowest BCUT2D eigenvalue weighted by molar-refractivity contribution is 0.342. The summed E-state index contributed by atoms with van der Waals surface area (Å²) in [4.78, 5) is 0.209. The van der Waals surface area contributed by atoms with E-state index in [-0.39, 0.29) is 17.0 Å². The van der Waals surface area contributed by atoms with E-state index >= 15 is 0 Å². The smallest absolute Gasteiger partial charge is 0.244 e. The normalized spacial score (nSPS) is 15.6. The minimum Gasteiger partial charge on any atom is -0.493 e. The molecule has 0 unspecified atom stereocenters. The number of benzene rings is 1. The van der Waals surface area contributed by atoms with Crippen molar-refractivity contribution in [1.82, 2.24) is 4.31 Å². The summed E-state index contributed by atoms with van der Waals surface area (Å²) in [6, 6.07) is 3.16. The summed E-state index contributed by atoms with van der Waals surface area (Å²) in [5, 5.41) is 0. The van der Waals surface area contributed by atoms with Crippen LogP contribution in [0.2, 0.25) is 0 Å². The molecule has 21 heavy (non-hydrogen) atoms. The maximum absolute atomic E-state index is 12.9. The number of hydrogen-bond acceptors (Lipinski definition) is 4. The van der Waals surface area contributed by atoms with Gasteiger partial charge in [0.15, 0.2) is 11.5 Å². The van der Waals surface area contributed by atoms with Crippen molar-refractivity contribution in [3.8, 4) is 11.5 Å². The minimum atomic E-state index is -3.57. The Labute approximate surface area is 134 Å². The van der Waals surface area contributed by atoms with Gasteiger partial charge in [0.25, 0.3) is 0 Å². The first-order valence-corrected chi connectivity index (χ1v) is 9.01. The third-order valence-corrected chi connectivity index (χ3v) is 6.50. The molecule has 0 radical (unpaired) electrons. The van der Waals surface area contributed by atoms with Crippen molar-refractivity contribution in [2.75, 3.05) is 14.2 Å². The van der Waals surface area contributed by atoms with Crippen LogP contribution in [0.15, 0.2) is 21.5 Å². The molecule has 1 aromatic carbocycles. The average molecular weight is 378 g/mol. The van der Waals surface area contributed by atoms with Crippen LogP contribution >= 0.6 is 15.9 Å². The first kappa shape index (κ1) is 16.6. The summed E-state index contributed by atoms with van der Waals surface area (Å²) >= 11 is 3.33. The highest BCUT2D eigenvalue weighted by Gasteiger charge is 2.40. The number of rotatable bonds is 6. The quantitative estimate of drug-likeness (QED) is 0.764. The van der Waals surface area contributed by atoms with Gasteiger partial charge in [0.05, 0.1) is 14.2 Å². The zero-order valence-corrected chi connectivity index (χ0v) is 15.0. The number of ether oxygens (including phenoxy) is 2. The number of nitrogens with zero attached hydrogens (tertiary/aromatic N) is 1. The Morgan fingerprint density at radius 2 is 1.71 bits per heavy atom. The van der Waals surface area contributed by atoms with E-state index in [4.69, 9.17) is 9.47 Å². The number of sulfonamides is 1. The van der Waals surface area contributed by atoms with Gasteiger partial charge in [-0.1, -0.05) is 0 Å². The molecule has 0 bridgehead atoms. The van der Waals surface area contributed by atoms with E-state index in [1.165, 1.54) is 20.3 Å². The molecule has 0 aromatic heterocycles. The molecular weight excluding hydrogens is 358 g/mol. The Morgan fingerprint density at radius 1 is 1.19 bits per heavy atom. The molecule has 118 valence electrons. The number of hydrogen-bond donors (Lipinski definition) is 0. The molecule has 0 atom stereocenters. The standard InChI is InChI=1S/C14H20BrNO4S/c1-9(2)16(10-5-6-10)21(17,18)14-8-13(20-4)12(19-3)7-11(14)15/h7-10H,5-6H2,1-4H3. The molecular formula is C14H20BrNO4S. The molecule has 0 heterocycles. The molecule has 0 aliphatic heterocycles. The first-order valence-electron chi connectivity index (χ1n) is 6.78. The van der Waals surface area contributed by atoms with E-state index in [9.17, 15) is 8.42 Å². The Bertz CT molecular complexity index is 624. The van der Waals surface area contributed by atoms with Crippen LogP contribution in [0, 0.1) is 0 Å². The van der Waals surface area contributed by atoms with Gasteiger partial charge in [-0.25, -0.2) is 8.42 Å². The van der Waals surface area contributed by atoms with Gasteiger partial charge in [-0.15, -0.1) is 0 Å². The fourth-order valence-corrected chi connectivity index (χ4v) is 5.25. The summed E-state index contributed by atoms with van der Waals surface area (Å²) in [7, 11) is -0.568. The Kier molecular flexibility index (Phi) is 4.85. The molecule has 2 rings (SSSR count). The summed E-state index contributed by atoms with van der Waals surface area (Å²) in [6.07, 6.45) is 1.84. The monoisotopic (exact) mass is 377 g/mol. The van der Waals surface area contributed by atoms with Gasteiger partial charge in [0, 0.05) is 22.6 Å². The van der Waals surface area contributed by atoms with Gasteiger partial charge < -0.3 is 9.47 Å². The molecule has 1 aliphatic carbocycles. The highest BCUT2D eigenvalue weighted by atomic mass is 79.9. The van der Waals surface area contributed by atoms with Crippen LogP contribution < -0.4 is 9.47 Å². The zero-order chi connectivity index (χ0) is 15.8. The topological polar surface area (TPSA) is 55.8 Å². The van der Waals surface area contributed by atoms with Crippen LogP contribution in [-0.2, 0) is 10.0 Å². The minimum absolute atomic E-state index is 0.0810. The maximum atomic E-state index is 12.9. The fraction of sp³-hybridized carbons (Fsp3) is 0.571. The molecule has 0 amide bonds. The molecule has 0 N–H and O–H groups in total. The lowest BCUT2D eigenvalue weighted by atomic mass is 10.3. The van der Waals surface area contributed by atoms with E-state index in [0.29, 0.717) is 16.0 Å². The Morgan fingerprint density at radius 3 is 2.14 bits per heavy atom. The van der Waals surface area contributed by atoms with Gasteiger partial charge in [0.1, 0.15) is 4.90 Å². The van der Waals surface area contributed by atoms with Gasteiger partial charge in [-0.2, -0.15) is 4.31 Å². The summed E-state index contributed by atoms with van der Waals surface area (Å²) < 4.78 is 38.4. The average Bonchev–Trinajstić information content (AvgIpc) is 3.21. The highest BCUT2D eigenvalue weighted by molar-refractivity contribution is 9.10. The van der Waals surface area contributed by atoms with Crippen LogP contribution in [0.1, 0.15) is 26.7 Å². The number of methoxy groups -OCH3 is 2. The van der Waals surface area contributed by atoms with Crippen molar-refractivity contribution in [1.29, 1.82) is 0 Å². The van der Waals surface area contributed by atoms with Crippen LogP contribution in [0.25, 0.3) is 0 Å². The van der Waals surface area contributed by atoms with E-state index in [1.54, 1.807) is 10.4 Å². The second kappa shape index (κ2) is 6.14. The third kappa shape index (κ3) is 3.19. The van der Waals surface area contributed by atoms with Crippen LogP contribution in [-0.4, -0.2) is 39.0 Å². The Hall–Kier alpha value is -0.790. The second-order valence-electron chi connectivity index (χ2n) is 5.30. The van der Waals surface area contributed by atoms with E-state index < -0.39 is 10.0 Å². The van der Waals surface area contributed by atoms with Crippen molar-refractivity contribution in [3.05, 3.63) is 16.6 Å². The first-order chi connectivity index (χ1) is 9.82. The summed E-state index contributed by atoms with van der Waals surface area (Å²) in [5.41, 5.74) is 0. The van der Waals surface area contributed by atoms with Crippen LogP contribution in [0.5, 0.6) is 11.5 Å². The van der Waals surface area contributed by atoms with Crippen molar-refractivity contribution < 1.29 is 17.9 Å². The van der Waals surface area contributed by atoms with Crippen molar-refractivity contribution in [2.24, 2.45) is 0 Å². The van der Waals surface area contributed by atoms with Crippen molar-refractivity contribution >= 4 is 26.0 Å². The lowest BCUT2D eigenvalue weighted by Crippen LogP contribution is -2.38. The molecule has 5 nitrogen and oxygen atoms in total. The Balaban J connectivity index is 2.53. The molecule has 0 saturated heterocycles. The SMILES string of the molecule is COc1cc(Br)c(S(=O)(=O)N(C(C)C)C2CC2)cc1OC. The van der Waals surface area contributed by atoms with Crippen LogP contribution in [0.4, 0.5) is 0 Å². The molecule has 1 aliphatic rings. The maximum Gasteiger partial charge on any atom is 0.244 e. The zero-order valence-electron chi connectivity index (χ0n) is 12.6. The molecule has 1 aromatic rings. The fourth-order valence-electron chi connectivity index (χ4n) is 2.37. The van der Waals surface area contributed by atoms with Gasteiger partial charge in [-0.05, 0) is 48.7 Å². The van der Waals surface area contributed by atoms with Gasteiger partial charge in [0.2, 0.25) is 10.0 Å². The molecule has 1 fully saturated rings. The predicted molar refractivity (Wildman–Crippen MR) is 84.4 cm³/mol. The van der Waals surface area contributed by atoms with E-state index in [0.717, 1.165) is 12.8 Å². The molecule has 7 heteroatoms. The van der Waals surface area contributed by atoms with Crippen LogP contribution in [0.3, 0.4) is 0 Å². The summed E-state index contributed by atoms with van der Waals surface area (Å²) in [6.45, 7) is 3.79. The number of halogens is 1. The third-order valence-electron chi connectivity index (χ3n) is 3.41. The molecule has 1 saturated carbocycles. The van der Waals surface area contributed by atoms with Crippen molar-refractivity contribution in [3.63, 3.8) is 0 Å². The largest absolute Gasteiger partial charge is 0.493 e. The van der Waals surface area contributed by atoms with Gasteiger partial charge in [-0.3, -0.25) is 0 Å². The lowest BCUT2D eigenvalue weighted by Gasteiger charge is -2.26. The highest BCUT2D eigenvalue weighted by Crippen LogP contribution is 2.40. The van der Waals surface area contributed by atoms with E-state index in [1.807, 2.05) is 13.8 Å². The summed E-state index contributed by atoms with van der Waals surface area (Å²) in [5.74, 6) is 0.893. The molecule has 0 spiro atoms. The van der Waals surface area contributed by atoms with Crippen molar-refractivity contribution in [2.45, 2.75) is 43.7 Å². The van der Waals surface area contributed by atoms with Gasteiger partial charge >= 0.3 is 0 Å². The van der Waals surface area contributed by atoms with E-state index in [2.05, 4.69) is 15.9 Å². The second-order valence-corrected chi connectivity index (χ2v) is 7.96. The predicted octanol–water partition coefficient (Wildman–Crippen LogP) is 3.03.